The van der Waals surface area contributed by atoms with Crippen LogP contribution in [0.3, 0.4) is 0 Å². The summed E-state index contributed by atoms with van der Waals surface area (Å²) in [6.07, 6.45) is -1.66. The molecule has 2 aromatic rings. The van der Waals surface area contributed by atoms with Crippen molar-refractivity contribution in [1.82, 2.24) is 5.32 Å². The quantitative estimate of drug-likeness (QED) is 0.244. The highest BCUT2D eigenvalue weighted by Crippen LogP contribution is 2.41. The summed E-state index contributed by atoms with van der Waals surface area (Å²) in [6, 6.07) is 6.95. The van der Waals surface area contributed by atoms with Gasteiger partial charge in [0.25, 0.3) is 0 Å². The molecule has 34 heavy (non-hydrogen) atoms. The number of amides is 1. The number of carbonyl (C=O) groups excluding carboxylic acids is 2. The van der Waals surface area contributed by atoms with E-state index in [2.05, 4.69) is 21.2 Å². The van der Waals surface area contributed by atoms with Crippen molar-refractivity contribution in [2.24, 2.45) is 0 Å². The molecule has 0 spiro atoms. The molecule has 3 nitrogen and oxygen atoms in total. The molecule has 1 N–H and O–H groups in total. The SMILES string of the molecule is CC(=O)NC(C)(C)CCC(=O)c1ccc(/C=C/C(c2cc(Cl)c(Cl)c(Cl)c2)C(F)(F)F)cc1Br. The molecule has 0 heterocycles. The van der Waals surface area contributed by atoms with E-state index in [-0.39, 0.29) is 38.7 Å². The molecule has 0 aliphatic carbocycles. The summed E-state index contributed by atoms with van der Waals surface area (Å²) in [6.45, 7) is 5.05. The normalized spacial score (nSPS) is 13.2. The van der Waals surface area contributed by atoms with E-state index < -0.39 is 17.6 Å². The van der Waals surface area contributed by atoms with Gasteiger partial charge in [0.1, 0.15) is 0 Å². The van der Waals surface area contributed by atoms with Gasteiger partial charge in [0.05, 0.1) is 21.0 Å². The Balaban J connectivity index is 2.23. The van der Waals surface area contributed by atoms with E-state index in [4.69, 9.17) is 34.8 Å². The Kier molecular flexibility index (Phi) is 9.68. The van der Waals surface area contributed by atoms with E-state index in [0.29, 0.717) is 22.0 Å². The summed E-state index contributed by atoms with van der Waals surface area (Å²) in [4.78, 5) is 23.9. The Morgan fingerprint density at radius 1 is 1.09 bits per heavy atom. The van der Waals surface area contributed by atoms with Crippen LogP contribution in [0.1, 0.15) is 61.0 Å². The van der Waals surface area contributed by atoms with Crippen molar-refractivity contribution >= 4 is 68.5 Å². The number of hydrogen-bond acceptors (Lipinski definition) is 2. The van der Waals surface area contributed by atoms with Gasteiger partial charge in [-0.3, -0.25) is 9.59 Å². The minimum atomic E-state index is -4.59. The predicted molar refractivity (Wildman–Crippen MR) is 135 cm³/mol. The van der Waals surface area contributed by atoms with Crippen LogP contribution in [0.5, 0.6) is 0 Å². The summed E-state index contributed by atoms with van der Waals surface area (Å²) in [5.41, 5.74) is 0.175. The van der Waals surface area contributed by atoms with Gasteiger partial charge in [0.2, 0.25) is 5.91 Å². The van der Waals surface area contributed by atoms with Crippen molar-refractivity contribution in [3.63, 3.8) is 0 Å². The predicted octanol–water partition coefficient (Wildman–Crippen LogP) is 8.65. The van der Waals surface area contributed by atoms with E-state index in [0.717, 1.165) is 18.2 Å². The molecule has 0 aromatic heterocycles. The highest BCUT2D eigenvalue weighted by atomic mass is 79.9. The first kappa shape index (κ1) is 28.7. The zero-order valence-electron chi connectivity index (χ0n) is 18.5. The van der Waals surface area contributed by atoms with Gasteiger partial charge in [-0.25, -0.2) is 0 Å². The number of rotatable bonds is 8. The summed E-state index contributed by atoms with van der Waals surface area (Å²) in [5, 5.41) is 2.63. The van der Waals surface area contributed by atoms with Crippen LogP contribution >= 0.6 is 50.7 Å². The van der Waals surface area contributed by atoms with Gasteiger partial charge in [0.15, 0.2) is 5.78 Å². The first-order valence-electron chi connectivity index (χ1n) is 10.1. The molecule has 2 aromatic carbocycles. The van der Waals surface area contributed by atoms with Crippen LogP contribution in [0, 0.1) is 0 Å². The molecule has 0 radical (unpaired) electrons. The number of halogens is 7. The van der Waals surface area contributed by atoms with Crippen molar-refractivity contribution in [3.8, 4) is 0 Å². The molecule has 2 rings (SSSR count). The van der Waals surface area contributed by atoms with Crippen molar-refractivity contribution in [2.45, 2.75) is 51.2 Å². The minimum absolute atomic E-state index is 0.0124. The van der Waals surface area contributed by atoms with Crippen LogP contribution in [0.2, 0.25) is 15.1 Å². The van der Waals surface area contributed by atoms with E-state index in [1.54, 1.807) is 18.2 Å². The Bertz CT molecular complexity index is 1090. The molecule has 1 amide bonds. The average Bonchev–Trinajstić information content (AvgIpc) is 2.68. The molecule has 1 atom stereocenters. The van der Waals surface area contributed by atoms with Gasteiger partial charge in [-0.15, -0.1) is 0 Å². The van der Waals surface area contributed by atoms with Gasteiger partial charge in [-0.2, -0.15) is 13.2 Å². The van der Waals surface area contributed by atoms with Crippen molar-refractivity contribution < 1.29 is 22.8 Å². The molecule has 1 unspecified atom stereocenters. The molecule has 0 saturated carbocycles. The third-order valence-corrected chi connectivity index (χ3v) is 6.84. The lowest BCUT2D eigenvalue weighted by Crippen LogP contribution is -2.42. The zero-order chi connectivity index (χ0) is 25.8. The standard InChI is InChI=1S/C24H22BrCl3F3NO2/c1-13(33)32-23(2,3)9-8-21(34)16-6-4-14(10-18(16)25)5-7-17(24(29,30)31)15-11-19(26)22(28)20(27)12-15/h4-7,10-12,17H,8-9H2,1-3H3,(H,32,33)/b7-5+. The van der Waals surface area contributed by atoms with E-state index in [1.165, 1.54) is 13.0 Å². The van der Waals surface area contributed by atoms with E-state index in [9.17, 15) is 22.8 Å². The maximum Gasteiger partial charge on any atom is 0.399 e. The summed E-state index contributed by atoms with van der Waals surface area (Å²) < 4.78 is 41.7. The Hall–Kier alpha value is -1.54. The monoisotopic (exact) mass is 597 g/mol. The van der Waals surface area contributed by atoms with E-state index in [1.807, 2.05) is 13.8 Å². The number of alkyl halides is 3. The third-order valence-electron chi connectivity index (χ3n) is 4.98. The van der Waals surface area contributed by atoms with Crippen LogP contribution < -0.4 is 5.32 Å². The van der Waals surface area contributed by atoms with Gasteiger partial charge >= 0.3 is 6.18 Å². The number of allylic oxidation sites excluding steroid dienone is 1. The smallest absolute Gasteiger partial charge is 0.351 e. The van der Waals surface area contributed by atoms with Crippen LogP contribution in [0.25, 0.3) is 6.08 Å². The number of Topliss-reactive ketones (excluding diaryl/α,β-unsaturated/α-hetero) is 1. The molecule has 0 aliphatic rings. The third kappa shape index (κ3) is 8.01. The lowest BCUT2D eigenvalue weighted by molar-refractivity contribution is -0.139. The van der Waals surface area contributed by atoms with Gasteiger partial charge < -0.3 is 5.32 Å². The van der Waals surface area contributed by atoms with Gasteiger partial charge in [-0.05, 0) is 55.7 Å². The lowest BCUT2D eigenvalue weighted by atomic mass is 9.94. The Morgan fingerprint density at radius 3 is 2.18 bits per heavy atom. The number of ketones is 1. The molecular formula is C24H22BrCl3F3NO2. The Morgan fingerprint density at radius 2 is 1.68 bits per heavy atom. The minimum Gasteiger partial charge on any atom is -0.351 e. The zero-order valence-corrected chi connectivity index (χ0v) is 22.3. The van der Waals surface area contributed by atoms with Crippen LogP contribution in [0.4, 0.5) is 13.2 Å². The topological polar surface area (TPSA) is 46.2 Å². The van der Waals surface area contributed by atoms with Crippen molar-refractivity contribution in [1.29, 1.82) is 0 Å². The van der Waals surface area contributed by atoms with Crippen LogP contribution in [0.15, 0.2) is 40.9 Å². The largest absolute Gasteiger partial charge is 0.399 e. The van der Waals surface area contributed by atoms with E-state index >= 15 is 0 Å². The molecule has 184 valence electrons. The molecule has 0 fully saturated rings. The second-order valence-electron chi connectivity index (χ2n) is 8.40. The van der Waals surface area contributed by atoms with Crippen LogP contribution in [-0.4, -0.2) is 23.4 Å². The maximum atomic E-state index is 13.7. The van der Waals surface area contributed by atoms with Crippen molar-refractivity contribution in [2.75, 3.05) is 0 Å². The summed E-state index contributed by atoms with van der Waals surface area (Å²) >= 11 is 21.0. The molecule has 10 heteroatoms. The Labute approximate surface area is 219 Å². The number of carbonyl (C=O) groups is 2. The summed E-state index contributed by atoms with van der Waals surface area (Å²) in [5.74, 6) is -2.30. The average molecular weight is 600 g/mol. The lowest BCUT2D eigenvalue weighted by Gasteiger charge is -2.25. The molecule has 0 saturated heterocycles. The first-order chi connectivity index (χ1) is 15.6. The van der Waals surface area contributed by atoms with Crippen LogP contribution in [-0.2, 0) is 4.79 Å². The fourth-order valence-electron chi connectivity index (χ4n) is 3.33. The summed E-state index contributed by atoms with van der Waals surface area (Å²) in [7, 11) is 0. The highest BCUT2D eigenvalue weighted by molar-refractivity contribution is 9.10. The molecule has 0 aliphatic heterocycles. The highest BCUT2D eigenvalue weighted by Gasteiger charge is 2.39. The fraction of sp³-hybridized carbons (Fsp3) is 0.333. The second kappa shape index (κ2) is 11.5. The number of nitrogens with one attached hydrogen (secondary N) is 1. The number of benzene rings is 2. The first-order valence-corrected chi connectivity index (χ1v) is 12.0. The van der Waals surface area contributed by atoms with Crippen molar-refractivity contribution in [3.05, 3.63) is 72.6 Å². The maximum absolute atomic E-state index is 13.7. The van der Waals surface area contributed by atoms with Gasteiger partial charge in [-0.1, -0.05) is 69.0 Å². The van der Waals surface area contributed by atoms with Gasteiger partial charge in [0, 0.05) is 28.9 Å². The second-order valence-corrected chi connectivity index (χ2v) is 10.5. The molecular weight excluding hydrogens is 578 g/mol. The fourth-order valence-corrected chi connectivity index (χ4v) is 4.56. The molecule has 0 bridgehead atoms. The number of hydrogen-bond donors (Lipinski definition) is 1.